The van der Waals surface area contributed by atoms with Crippen LogP contribution in [-0.2, 0) is 6.42 Å². The molecule has 0 aliphatic carbocycles. The van der Waals surface area contributed by atoms with E-state index in [0.29, 0.717) is 12.0 Å². The summed E-state index contributed by atoms with van der Waals surface area (Å²) in [6.07, 6.45) is 2.71. The molecule has 74 valence electrons. The number of carboxylic acids is 1. The Morgan fingerprint density at radius 2 is 2.00 bits per heavy atom. The largest absolute Gasteiger partial charge is 0.478 e. The molecule has 14 heavy (non-hydrogen) atoms. The Bertz CT molecular complexity index is 360. The molecule has 0 heterocycles. The first kappa shape index (κ1) is 10.5. The number of carbonyl (C=O) groups is 1. The molecule has 0 aliphatic rings. The number of benzene rings is 1. The van der Waals surface area contributed by atoms with Crippen molar-refractivity contribution in [2.45, 2.75) is 20.3 Å². The minimum atomic E-state index is -0.859. The third kappa shape index (κ3) is 2.73. The first-order valence-electron chi connectivity index (χ1n) is 4.56. The standard InChI is InChI=1S/C12H14O2/c1-9(2)7-8-10-5-3-4-6-11(10)12(13)14/h3-7H,8H2,1-2H3,(H,13,14). The van der Waals surface area contributed by atoms with Crippen molar-refractivity contribution < 1.29 is 9.90 Å². The van der Waals surface area contributed by atoms with E-state index in [9.17, 15) is 4.79 Å². The highest BCUT2D eigenvalue weighted by molar-refractivity contribution is 5.89. The number of allylic oxidation sites excluding steroid dienone is 2. The molecule has 0 aromatic heterocycles. The summed E-state index contributed by atoms with van der Waals surface area (Å²) in [5.74, 6) is -0.859. The van der Waals surface area contributed by atoms with Gasteiger partial charge in [-0.25, -0.2) is 4.79 Å². The zero-order valence-electron chi connectivity index (χ0n) is 8.45. The van der Waals surface area contributed by atoms with Crippen LogP contribution in [0.25, 0.3) is 0 Å². The molecule has 0 saturated carbocycles. The zero-order chi connectivity index (χ0) is 10.6. The van der Waals surface area contributed by atoms with Gasteiger partial charge in [-0.05, 0) is 31.9 Å². The zero-order valence-corrected chi connectivity index (χ0v) is 8.45. The van der Waals surface area contributed by atoms with E-state index in [1.54, 1.807) is 12.1 Å². The maximum Gasteiger partial charge on any atom is 0.335 e. The number of aromatic carboxylic acids is 1. The first-order valence-corrected chi connectivity index (χ1v) is 4.56. The second-order valence-electron chi connectivity index (χ2n) is 3.45. The summed E-state index contributed by atoms with van der Waals surface area (Å²) < 4.78 is 0. The lowest BCUT2D eigenvalue weighted by Gasteiger charge is -2.02. The van der Waals surface area contributed by atoms with Crippen LogP contribution in [0.1, 0.15) is 29.8 Å². The van der Waals surface area contributed by atoms with E-state index in [-0.39, 0.29) is 0 Å². The molecule has 1 N–H and O–H groups in total. The highest BCUT2D eigenvalue weighted by atomic mass is 16.4. The lowest BCUT2D eigenvalue weighted by molar-refractivity contribution is 0.0696. The third-order valence-corrected chi connectivity index (χ3v) is 1.98. The second-order valence-corrected chi connectivity index (χ2v) is 3.45. The van der Waals surface area contributed by atoms with Gasteiger partial charge in [-0.3, -0.25) is 0 Å². The van der Waals surface area contributed by atoms with Crippen molar-refractivity contribution >= 4 is 5.97 Å². The Hall–Kier alpha value is -1.57. The molecule has 0 saturated heterocycles. The highest BCUT2D eigenvalue weighted by Crippen LogP contribution is 2.10. The van der Waals surface area contributed by atoms with Crippen LogP contribution in [0.5, 0.6) is 0 Å². The molecule has 0 amide bonds. The lowest BCUT2D eigenvalue weighted by Crippen LogP contribution is -2.01. The second kappa shape index (κ2) is 4.61. The van der Waals surface area contributed by atoms with Gasteiger partial charge in [0.15, 0.2) is 0 Å². The van der Waals surface area contributed by atoms with E-state index < -0.39 is 5.97 Å². The fraction of sp³-hybridized carbons (Fsp3) is 0.250. The van der Waals surface area contributed by atoms with Gasteiger partial charge in [-0.1, -0.05) is 29.8 Å². The van der Waals surface area contributed by atoms with Crippen LogP contribution in [0.3, 0.4) is 0 Å². The van der Waals surface area contributed by atoms with Gasteiger partial charge >= 0.3 is 5.97 Å². The Kier molecular flexibility index (Phi) is 3.46. The highest BCUT2D eigenvalue weighted by Gasteiger charge is 2.06. The molecule has 2 heteroatoms. The summed E-state index contributed by atoms with van der Waals surface area (Å²) >= 11 is 0. The number of hydrogen-bond donors (Lipinski definition) is 1. The van der Waals surface area contributed by atoms with Crippen molar-refractivity contribution in [1.29, 1.82) is 0 Å². The average molecular weight is 190 g/mol. The van der Waals surface area contributed by atoms with Crippen LogP contribution in [0, 0.1) is 0 Å². The maximum atomic E-state index is 10.8. The molecule has 0 spiro atoms. The number of hydrogen-bond acceptors (Lipinski definition) is 1. The van der Waals surface area contributed by atoms with E-state index >= 15 is 0 Å². The van der Waals surface area contributed by atoms with Crippen molar-refractivity contribution in [3.8, 4) is 0 Å². The third-order valence-electron chi connectivity index (χ3n) is 1.98. The predicted molar refractivity (Wildman–Crippen MR) is 56.5 cm³/mol. The molecule has 2 nitrogen and oxygen atoms in total. The van der Waals surface area contributed by atoms with Gasteiger partial charge < -0.3 is 5.11 Å². The van der Waals surface area contributed by atoms with E-state index in [1.165, 1.54) is 5.57 Å². The molecular weight excluding hydrogens is 176 g/mol. The van der Waals surface area contributed by atoms with Gasteiger partial charge in [0.05, 0.1) is 5.56 Å². The maximum absolute atomic E-state index is 10.8. The molecule has 0 bridgehead atoms. The topological polar surface area (TPSA) is 37.3 Å². The monoisotopic (exact) mass is 190 g/mol. The lowest BCUT2D eigenvalue weighted by atomic mass is 10.0. The molecular formula is C12H14O2. The minimum absolute atomic E-state index is 0.394. The van der Waals surface area contributed by atoms with Crippen molar-refractivity contribution in [3.05, 3.63) is 47.0 Å². The van der Waals surface area contributed by atoms with E-state index in [2.05, 4.69) is 0 Å². The fourth-order valence-electron chi connectivity index (χ4n) is 1.22. The van der Waals surface area contributed by atoms with Crippen molar-refractivity contribution in [1.82, 2.24) is 0 Å². The average Bonchev–Trinajstić information content (AvgIpc) is 2.15. The molecule has 0 atom stereocenters. The van der Waals surface area contributed by atoms with Gasteiger partial charge in [0.25, 0.3) is 0 Å². The predicted octanol–water partition coefficient (Wildman–Crippen LogP) is 2.89. The summed E-state index contributed by atoms with van der Waals surface area (Å²) in [6.45, 7) is 4.01. The van der Waals surface area contributed by atoms with Gasteiger partial charge in [0.1, 0.15) is 0 Å². The normalized spacial score (nSPS) is 9.57. The van der Waals surface area contributed by atoms with Crippen LogP contribution in [0.4, 0.5) is 0 Å². The molecule has 1 aromatic rings. The smallest absolute Gasteiger partial charge is 0.335 e. The van der Waals surface area contributed by atoms with Gasteiger partial charge in [-0.15, -0.1) is 0 Å². The summed E-state index contributed by atoms with van der Waals surface area (Å²) in [4.78, 5) is 10.8. The minimum Gasteiger partial charge on any atom is -0.478 e. The Morgan fingerprint density at radius 1 is 1.36 bits per heavy atom. The van der Waals surface area contributed by atoms with E-state index in [4.69, 9.17) is 5.11 Å². The van der Waals surface area contributed by atoms with Crippen LogP contribution in [-0.4, -0.2) is 11.1 Å². The van der Waals surface area contributed by atoms with Crippen LogP contribution in [0.15, 0.2) is 35.9 Å². The Labute approximate surface area is 83.9 Å². The van der Waals surface area contributed by atoms with Crippen molar-refractivity contribution in [3.63, 3.8) is 0 Å². The van der Waals surface area contributed by atoms with Crippen molar-refractivity contribution in [2.24, 2.45) is 0 Å². The van der Waals surface area contributed by atoms with Crippen LogP contribution in [0.2, 0.25) is 0 Å². The SMILES string of the molecule is CC(C)=CCc1ccccc1C(=O)O. The Morgan fingerprint density at radius 3 is 2.57 bits per heavy atom. The molecule has 1 aromatic carbocycles. The molecule has 0 radical (unpaired) electrons. The summed E-state index contributed by atoms with van der Waals surface area (Å²) in [6, 6.07) is 7.09. The molecule has 0 fully saturated rings. The van der Waals surface area contributed by atoms with Crippen LogP contribution < -0.4 is 0 Å². The molecule has 0 unspecified atom stereocenters. The van der Waals surface area contributed by atoms with E-state index in [1.807, 2.05) is 32.1 Å². The van der Waals surface area contributed by atoms with Gasteiger partial charge in [-0.2, -0.15) is 0 Å². The molecule has 0 aliphatic heterocycles. The number of carboxylic acid groups (broad SMARTS) is 1. The quantitative estimate of drug-likeness (QED) is 0.744. The summed E-state index contributed by atoms with van der Waals surface area (Å²) in [7, 11) is 0. The summed E-state index contributed by atoms with van der Waals surface area (Å²) in [5, 5.41) is 8.91. The summed E-state index contributed by atoms with van der Waals surface area (Å²) in [5.41, 5.74) is 2.45. The van der Waals surface area contributed by atoms with E-state index in [0.717, 1.165) is 5.56 Å². The van der Waals surface area contributed by atoms with Gasteiger partial charge in [0, 0.05) is 0 Å². The fourth-order valence-corrected chi connectivity index (χ4v) is 1.22. The number of rotatable bonds is 3. The van der Waals surface area contributed by atoms with Crippen molar-refractivity contribution in [2.75, 3.05) is 0 Å². The Balaban J connectivity index is 2.96. The molecule has 1 rings (SSSR count). The first-order chi connectivity index (χ1) is 6.61. The van der Waals surface area contributed by atoms with Gasteiger partial charge in [0.2, 0.25) is 0 Å². The van der Waals surface area contributed by atoms with Crippen LogP contribution >= 0.6 is 0 Å².